The normalized spacial score (nSPS) is 17.0. The highest BCUT2D eigenvalue weighted by atomic mass is 19.4. The van der Waals surface area contributed by atoms with E-state index in [4.69, 9.17) is 9.47 Å². The number of halogens is 7. The summed E-state index contributed by atoms with van der Waals surface area (Å²) in [5.41, 5.74) is 0.0271. The molecule has 15 heteroatoms. The average Bonchev–Trinajstić information content (AvgIpc) is 3.63. The van der Waals surface area contributed by atoms with Crippen molar-refractivity contribution in [3.8, 4) is 11.8 Å². The molecule has 198 valence electrons. The minimum atomic E-state index is -5.82. The van der Waals surface area contributed by atoms with Crippen molar-refractivity contribution in [2.75, 3.05) is 33.0 Å². The molecule has 0 bridgehead atoms. The van der Waals surface area contributed by atoms with Gasteiger partial charge in [0.05, 0.1) is 11.5 Å². The molecule has 1 saturated heterocycles. The van der Waals surface area contributed by atoms with E-state index in [-0.39, 0.29) is 55.5 Å². The first-order valence-corrected chi connectivity index (χ1v) is 10.6. The van der Waals surface area contributed by atoms with Crippen LogP contribution in [0.5, 0.6) is 5.75 Å². The molecule has 2 aliphatic rings. The number of alkyl halides is 6. The number of benzene rings is 1. The maximum Gasteiger partial charge on any atom is 0.434 e. The molecule has 1 aliphatic heterocycles. The number of esters is 1. The Bertz CT molecular complexity index is 999. The number of hydrogen-bond acceptors (Lipinski definition) is 7. The third-order valence-electron chi connectivity index (χ3n) is 5.40. The number of amides is 1. The Balaban J connectivity index is 1.61. The van der Waals surface area contributed by atoms with Gasteiger partial charge < -0.3 is 19.1 Å². The second kappa shape index (κ2) is 10.8. The first-order valence-electron chi connectivity index (χ1n) is 10.6. The van der Waals surface area contributed by atoms with E-state index in [9.17, 15) is 45.6 Å². The molecule has 8 nitrogen and oxygen atoms in total. The molecule has 1 saturated carbocycles. The van der Waals surface area contributed by atoms with Crippen LogP contribution in [0.15, 0.2) is 12.1 Å². The van der Waals surface area contributed by atoms with Gasteiger partial charge in [-0.05, 0) is 25.0 Å². The molecule has 36 heavy (non-hydrogen) atoms. The van der Waals surface area contributed by atoms with Crippen molar-refractivity contribution in [2.24, 2.45) is 5.92 Å². The topological polar surface area (TPSA) is 92.1 Å². The van der Waals surface area contributed by atoms with Crippen molar-refractivity contribution in [3.63, 3.8) is 0 Å². The largest absolute Gasteiger partial charge is 0.456 e. The number of carbonyl (C=O) groups is 2. The number of piperazine rings is 1. The predicted octanol–water partition coefficient (Wildman–Crippen LogP) is 3.73. The Hall–Kier alpha value is -3.28. The van der Waals surface area contributed by atoms with Gasteiger partial charge >= 0.3 is 24.4 Å². The first kappa shape index (κ1) is 27.3. The van der Waals surface area contributed by atoms with Crippen LogP contribution in [0.3, 0.4) is 0 Å². The fourth-order valence-electron chi connectivity index (χ4n) is 3.43. The van der Waals surface area contributed by atoms with E-state index in [0.717, 1.165) is 12.1 Å². The standard InChI is InChI=1S/C21H20F7N3O5/c22-15-7-13(9-29)16(34-11-35-17(32)12-1-2-12)14(8-15)10-30-3-5-31(6-4-30)19(33)36-18(20(23,24)25)21(26,27)28/h7-8,12,18H,1-6,10-11H2. The zero-order valence-electron chi connectivity index (χ0n) is 18.5. The molecule has 0 spiro atoms. The van der Waals surface area contributed by atoms with Crippen LogP contribution in [0, 0.1) is 23.1 Å². The first-order chi connectivity index (χ1) is 16.8. The lowest BCUT2D eigenvalue weighted by Gasteiger charge is -2.35. The zero-order valence-corrected chi connectivity index (χ0v) is 18.5. The van der Waals surface area contributed by atoms with Crippen molar-refractivity contribution in [1.82, 2.24) is 9.80 Å². The van der Waals surface area contributed by atoms with Gasteiger partial charge in [0.1, 0.15) is 17.6 Å². The van der Waals surface area contributed by atoms with Crippen molar-refractivity contribution in [2.45, 2.75) is 37.8 Å². The van der Waals surface area contributed by atoms with Crippen molar-refractivity contribution in [1.29, 1.82) is 5.26 Å². The molecule has 1 aromatic carbocycles. The molecule has 1 aliphatic carbocycles. The highest BCUT2D eigenvalue weighted by molar-refractivity contribution is 5.74. The Labute approximate surface area is 200 Å². The summed E-state index contributed by atoms with van der Waals surface area (Å²) < 4.78 is 104. The molecule has 0 aromatic heterocycles. The molecule has 1 amide bonds. The quantitative estimate of drug-likeness (QED) is 0.303. The number of nitrogens with zero attached hydrogens (tertiary/aromatic N) is 3. The minimum absolute atomic E-state index is 0.00763. The van der Waals surface area contributed by atoms with E-state index in [0.29, 0.717) is 17.7 Å². The molecule has 0 N–H and O–H groups in total. The monoisotopic (exact) mass is 527 g/mol. The highest BCUT2D eigenvalue weighted by Crippen LogP contribution is 2.36. The molecule has 1 aromatic rings. The molecule has 1 heterocycles. The van der Waals surface area contributed by atoms with Crippen LogP contribution in [-0.4, -0.2) is 73.3 Å². The van der Waals surface area contributed by atoms with Gasteiger partial charge in [-0.25, -0.2) is 9.18 Å². The van der Waals surface area contributed by atoms with Crippen LogP contribution >= 0.6 is 0 Å². The Morgan fingerprint density at radius 3 is 2.19 bits per heavy atom. The van der Waals surface area contributed by atoms with E-state index in [1.165, 1.54) is 0 Å². The van der Waals surface area contributed by atoms with Gasteiger partial charge in [0.2, 0.25) is 6.79 Å². The van der Waals surface area contributed by atoms with E-state index in [1.807, 2.05) is 0 Å². The number of ether oxygens (including phenoxy) is 3. The van der Waals surface area contributed by atoms with Gasteiger partial charge in [-0.3, -0.25) is 9.69 Å². The summed E-state index contributed by atoms with van der Waals surface area (Å²) in [7, 11) is 0. The lowest BCUT2D eigenvalue weighted by Crippen LogP contribution is -2.52. The van der Waals surface area contributed by atoms with Gasteiger partial charge in [0, 0.05) is 38.3 Å². The molecule has 2 fully saturated rings. The van der Waals surface area contributed by atoms with Crippen molar-refractivity contribution >= 4 is 12.1 Å². The van der Waals surface area contributed by atoms with Crippen LogP contribution in [0.4, 0.5) is 35.5 Å². The van der Waals surface area contributed by atoms with Crippen molar-refractivity contribution < 1.29 is 54.5 Å². The van der Waals surface area contributed by atoms with Gasteiger partial charge in [-0.15, -0.1) is 0 Å². The number of rotatable bonds is 7. The third-order valence-corrected chi connectivity index (χ3v) is 5.40. The van der Waals surface area contributed by atoms with E-state index >= 15 is 0 Å². The molecule has 0 unspecified atom stereocenters. The summed E-state index contributed by atoms with van der Waals surface area (Å²) in [5.74, 6) is -1.44. The van der Waals surface area contributed by atoms with Gasteiger partial charge in [-0.1, -0.05) is 0 Å². The molecule has 0 radical (unpaired) electrons. The van der Waals surface area contributed by atoms with E-state index in [1.54, 1.807) is 11.0 Å². The fraction of sp³-hybridized carbons (Fsp3) is 0.571. The fourth-order valence-corrected chi connectivity index (χ4v) is 3.43. The van der Waals surface area contributed by atoms with E-state index in [2.05, 4.69) is 4.74 Å². The number of hydrogen-bond donors (Lipinski definition) is 0. The summed E-state index contributed by atoms with van der Waals surface area (Å²) in [6.45, 7) is -1.09. The minimum Gasteiger partial charge on any atom is -0.456 e. The van der Waals surface area contributed by atoms with Crippen LogP contribution in [0.25, 0.3) is 0 Å². The summed E-state index contributed by atoms with van der Waals surface area (Å²) in [6, 6.07) is 3.78. The highest BCUT2D eigenvalue weighted by Gasteiger charge is 2.60. The maximum atomic E-state index is 14.0. The van der Waals surface area contributed by atoms with Crippen molar-refractivity contribution in [3.05, 3.63) is 29.1 Å². The van der Waals surface area contributed by atoms with Crippen LogP contribution in [0.2, 0.25) is 0 Å². The number of nitriles is 1. The summed E-state index contributed by atoms with van der Waals surface area (Å²) in [6.07, 6.45) is -16.3. The van der Waals surface area contributed by atoms with E-state index < -0.39 is 43.1 Å². The summed E-state index contributed by atoms with van der Waals surface area (Å²) >= 11 is 0. The Morgan fingerprint density at radius 2 is 1.67 bits per heavy atom. The second-order valence-electron chi connectivity index (χ2n) is 8.16. The summed E-state index contributed by atoms with van der Waals surface area (Å²) in [4.78, 5) is 25.9. The molecular formula is C21H20F7N3O5. The SMILES string of the molecule is N#Cc1cc(F)cc(CN2CCN(C(=O)OC(C(F)(F)F)C(F)(F)F)CC2)c1OCOC(=O)C1CC1. The second-order valence-corrected chi connectivity index (χ2v) is 8.16. The van der Waals surface area contributed by atoms with Gasteiger partial charge in [0.25, 0.3) is 6.10 Å². The van der Waals surface area contributed by atoms with Gasteiger partial charge in [-0.2, -0.15) is 31.6 Å². The van der Waals surface area contributed by atoms with Crippen LogP contribution < -0.4 is 4.74 Å². The Morgan fingerprint density at radius 1 is 1.06 bits per heavy atom. The average molecular weight is 527 g/mol. The number of carbonyl (C=O) groups excluding carboxylic acids is 2. The van der Waals surface area contributed by atoms with Crippen LogP contribution in [0.1, 0.15) is 24.0 Å². The summed E-state index contributed by atoms with van der Waals surface area (Å²) in [5, 5.41) is 9.33. The smallest absolute Gasteiger partial charge is 0.434 e. The molecule has 0 atom stereocenters. The maximum absolute atomic E-state index is 14.0. The molecular weight excluding hydrogens is 507 g/mol. The predicted molar refractivity (Wildman–Crippen MR) is 105 cm³/mol. The zero-order chi connectivity index (χ0) is 26.7. The Kier molecular flexibility index (Phi) is 8.17. The van der Waals surface area contributed by atoms with Crippen LogP contribution in [-0.2, 0) is 20.8 Å². The lowest BCUT2D eigenvalue weighted by molar-refractivity contribution is -0.308. The third kappa shape index (κ3) is 7.12. The molecule has 3 rings (SSSR count). The lowest BCUT2D eigenvalue weighted by atomic mass is 10.1. The van der Waals surface area contributed by atoms with Gasteiger partial charge in [0.15, 0.2) is 0 Å².